The molecule has 0 radical (unpaired) electrons. The molecule has 0 bridgehead atoms. The highest BCUT2D eigenvalue weighted by Gasteiger charge is 2.30. The van der Waals surface area contributed by atoms with E-state index in [9.17, 15) is 9.90 Å². The standard InChI is InChI=1S/C22H27NO2/c1-23-19(15-21(24)17-9-4-2-5-10-17)13-8-14-20(23)16-22(25)18-11-6-3-7-12-18/h2-7,9-12,19-21,24H,8,13-16H2,1H3/t19-,20+,21?/m0/s1/i1D3,8D2,13D2,14D2,15D2,16D2,19D,20D,21D. The van der Waals surface area contributed by atoms with Crippen molar-refractivity contribution in [2.24, 2.45) is 0 Å². The van der Waals surface area contributed by atoms with Crippen LogP contribution in [0.4, 0.5) is 0 Å². The predicted molar refractivity (Wildman–Crippen MR) is 101 cm³/mol. The summed E-state index contributed by atoms with van der Waals surface area (Å²) >= 11 is 0. The lowest BCUT2D eigenvalue weighted by atomic mass is 9.88. The van der Waals surface area contributed by atoms with E-state index in [0.717, 1.165) is 24.3 Å². The summed E-state index contributed by atoms with van der Waals surface area (Å²) in [5.74, 6) is -1.74. The number of carbonyl (C=O) groups is 1. The Labute approximate surface area is 172 Å². The second-order valence-electron chi connectivity index (χ2n) is 5.07. The van der Waals surface area contributed by atoms with Gasteiger partial charge < -0.3 is 5.11 Å². The molecule has 0 spiro atoms. The van der Waals surface area contributed by atoms with Gasteiger partial charge >= 0.3 is 0 Å². The van der Waals surface area contributed by atoms with Crippen LogP contribution in [0.15, 0.2) is 60.7 Å². The quantitative estimate of drug-likeness (QED) is 0.790. The fourth-order valence-corrected chi connectivity index (χ4v) is 2.10. The van der Waals surface area contributed by atoms with Crippen molar-refractivity contribution < 1.29 is 31.8 Å². The average molecular weight is 354 g/mol. The molecule has 0 amide bonds. The number of piperidine rings is 1. The minimum atomic E-state index is -4.47. The highest BCUT2D eigenvalue weighted by atomic mass is 16.3. The Balaban J connectivity index is 2.54. The first kappa shape index (κ1) is 6.64. The van der Waals surface area contributed by atoms with Crippen molar-refractivity contribution in [2.75, 3.05) is 6.98 Å². The SMILES string of the molecule is [2H]C([2H])([2H])N1[C@]([2H])(C([2H])([2H])C([2H])(O)c2ccccc2)C([2H])([2H])C([2H])([2H])C([2H])([2H])[C@]1([2H])C([2H])([2H])C(=O)c1ccccc1. The molecule has 132 valence electrons. The van der Waals surface area contributed by atoms with Crippen molar-refractivity contribution in [3.8, 4) is 0 Å². The number of hydrogen-bond donors (Lipinski definition) is 1. The van der Waals surface area contributed by atoms with Gasteiger partial charge in [0, 0.05) is 44.5 Å². The van der Waals surface area contributed by atoms with Gasteiger partial charge in [-0.1, -0.05) is 67.0 Å². The molecule has 0 aliphatic carbocycles. The Hall–Kier alpha value is -1.97. The van der Waals surface area contributed by atoms with Crippen molar-refractivity contribution in [3.63, 3.8) is 0 Å². The molecular weight excluding hydrogens is 310 g/mol. The Kier molecular flexibility index (Phi) is 2.23. The van der Waals surface area contributed by atoms with E-state index >= 15 is 0 Å². The third-order valence-corrected chi connectivity index (χ3v) is 3.36. The summed E-state index contributed by atoms with van der Waals surface area (Å²) in [7, 11) is 0. The molecule has 3 rings (SSSR count). The maximum Gasteiger partial charge on any atom is 0.164 e. The van der Waals surface area contributed by atoms with Crippen molar-refractivity contribution >= 4 is 5.78 Å². The highest BCUT2D eigenvalue weighted by molar-refractivity contribution is 5.96. The largest absolute Gasteiger partial charge is 0.388 e. The fraction of sp³-hybridized carbons (Fsp3) is 0.409. The number of carbonyl (C=O) groups excluding carboxylic acids is 1. The Morgan fingerprint density at radius 3 is 2.60 bits per heavy atom. The van der Waals surface area contributed by atoms with Crippen LogP contribution in [0.3, 0.4) is 0 Å². The summed E-state index contributed by atoms with van der Waals surface area (Å²) in [5, 5.41) is 11.2. The van der Waals surface area contributed by atoms with Gasteiger partial charge in [-0.15, -0.1) is 0 Å². The van der Waals surface area contributed by atoms with E-state index in [1.165, 1.54) is 36.4 Å². The van der Waals surface area contributed by atoms with Crippen LogP contribution < -0.4 is 0 Å². The minimum absolute atomic E-state index is 0.514. The number of nitrogens with zero attached hydrogens (tertiary/aromatic N) is 1. The van der Waals surface area contributed by atoms with Crippen molar-refractivity contribution in [1.29, 1.82) is 0 Å². The Morgan fingerprint density at radius 2 is 1.92 bits per heavy atom. The molecule has 3 atom stereocenters. The van der Waals surface area contributed by atoms with Crippen molar-refractivity contribution in [3.05, 3.63) is 71.8 Å². The highest BCUT2D eigenvalue weighted by Crippen LogP contribution is 2.30. The predicted octanol–water partition coefficient (Wildman–Crippen LogP) is 4.24. The number of ketones is 1. The van der Waals surface area contributed by atoms with Crippen LogP contribution in [-0.4, -0.2) is 34.8 Å². The number of benzene rings is 2. The number of hydrogen-bond acceptors (Lipinski definition) is 3. The van der Waals surface area contributed by atoms with Crippen LogP contribution in [0.2, 0.25) is 0 Å². The van der Waals surface area contributed by atoms with Gasteiger partial charge in [0.1, 0.15) is 0 Å². The van der Waals surface area contributed by atoms with Gasteiger partial charge in [-0.3, -0.25) is 9.69 Å². The molecule has 1 heterocycles. The molecule has 3 nitrogen and oxygen atoms in total. The van der Waals surface area contributed by atoms with E-state index in [-0.39, 0.29) is 0 Å². The summed E-state index contributed by atoms with van der Waals surface area (Å²) in [6.45, 7) is -4.19. The average Bonchev–Trinajstić information content (AvgIpc) is 2.86. The Morgan fingerprint density at radius 1 is 1.28 bits per heavy atom. The molecule has 25 heavy (non-hydrogen) atoms. The normalized spacial score (nSPS) is 46.8. The first-order valence-corrected chi connectivity index (χ1v) is 7.42. The van der Waals surface area contributed by atoms with Gasteiger partial charge in [0.15, 0.2) is 5.78 Å². The summed E-state index contributed by atoms with van der Waals surface area (Å²) in [4.78, 5) is 12.6. The third kappa shape index (κ3) is 4.56. The Bertz CT molecular complexity index is 1300. The van der Waals surface area contributed by atoms with E-state index in [1.54, 1.807) is 0 Å². The molecule has 0 saturated carbocycles. The molecule has 3 heteroatoms. The van der Waals surface area contributed by atoms with E-state index in [4.69, 9.17) is 21.9 Å². The molecule has 1 fully saturated rings. The molecule has 1 aliphatic rings. The summed E-state index contributed by atoms with van der Waals surface area (Å²) in [6.07, 6.45) is -25.0. The summed E-state index contributed by atoms with van der Waals surface area (Å²) < 4.78 is 137. The molecule has 1 unspecified atom stereocenters. The molecule has 1 saturated heterocycles. The van der Waals surface area contributed by atoms with Gasteiger partial charge in [0.25, 0.3) is 0 Å². The number of aliphatic hydroxyl groups is 1. The van der Waals surface area contributed by atoms with Gasteiger partial charge in [-0.05, 0) is 31.7 Å². The lowest BCUT2D eigenvalue weighted by Gasteiger charge is -2.40. The molecule has 2 aromatic carbocycles. The molecule has 1 N–H and O–H groups in total. The van der Waals surface area contributed by atoms with Crippen molar-refractivity contribution in [2.45, 2.75) is 50.0 Å². The van der Waals surface area contributed by atoms with Gasteiger partial charge in [0.2, 0.25) is 0 Å². The maximum atomic E-state index is 13.5. The lowest BCUT2D eigenvalue weighted by Crippen LogP contribution is -2.45. The van der Waals surface area contributed by atoms with E-state index in [0.29, 0.717) is 0 Å². The minimum Gasteiger partial charge on any atom is -0.388 e. The number of rotatable bonds is 6. The van der Waals surface area contributed by atoms with Gasteiger partial charge in [-0.2, -0.15) is 0 Å². The first-order chi connectivity index (χ1) is 18.2. The van der Waals surface area contributed by atoms with Crippen LogP contribution in [0.25, 0.3) is 0 Å². The molecule has 1 aliphatic heterocycles. The van der Waals surface area contributed by atoms with Gasteiger partial charge in [-0.25, -0.2) is 0 Å². The molecule has 0 aromatic heterocycles. The fourth-order valence-electron chi connectivity index (χ4n) is 2.10. The van der Waals surface area contributed by atoms with E-state index < -0.39 is 78.8 Å². The lowest BCUT2D eigenvalue weighted by molar-refractivity contribution is 0.0549. The smallest absolute Gasteiger partial charge is 0.164 e. The topological polar surface area (TPSA) is 40.5 Å². The zero-order valence-electron chi connectivity index (χ0n) is 29.1. The van der Waals surface area contributed by atoms with E-state index in [2.05, 4.69) is 0 Å². The molecule has 2 aromatic rings. The number of Topliss-reactive ketones (excluding diaryl/α,β-unsaturated/α-hetero) is 1. The van der Waals surface area contributed by atoms with Crippen LogP contribution in [0.1, 0.15) is 75.8 Å². The second kappa shape index (κ2) is 8.41. The summed E-state index contributed by atoms with van der Waals surface area (Å²) in [5.41, 5.74) is -1.16. The van der Waals surface area contributed by atoms with Crippen molar-refractivity contribution in [1.82, 2.24) is 4.90 Å². The monoisotopic (exact) mass is 353 g/mol. The van der Waals surface area contributed by atoms with Crippen LogP contribution in [-0.2, 0) is 0 Å². The third-order valence-electron chi connectivity index (χ3n) is 3.36. The summed E-state index contributed by atoms with van der Waals surface area (Å²) in [6, 6.07) is 2.96. The van der Waals surface area contributed by atoms with Crippen LogP contribution in [0, 0.1) is 0 Å². The first-order valence-electron chi connectivity index (χ1n) is 15.4. The zero-order chi connectivity index (χ0) is 31.9. The zero-order valence-corrected chi connectivity index (χ0v) is 13.1. The van der Waals surface area contributed by atoms with Gasteiger partial charge in [0.05, 0.1) is 7.45 Å². The van der Waals surface area contributed by atoms with E-state index in [1.807, 2.05) is 0 Å². The number of likely N-dealkylation sites (tertiary alicyclic amines) is 1. The van der Waals surface area contributed by atoms with Crippen LogP contribution in [0.5, 0.6) is 0 Å². The van der Waals surface area contributed by atoms with Crippen LogP contribution >= 0.6 is 0 Å². The second-order valence-corrected chi connectivity index (χ2v) is 5.07. The maximum absolute atomic E-state index is 13.5. The molecular formula is C22H27NO2.